The summed E-state index contributed by atoms with van der Waals surface area (Å²) in [7, 11) is -3.89. The molecule has 1 aliphatic heterocycles. The molecule has 0 saturated heterocycles. The van der Waals surface area contributed by atoms with Crippen molar-refractivity contribution >= 4 is 21.2 Å². The summed E-state index contributed by atoms with van der Waals surface area (Å²) in [6.07, 6.45) is 0. The van der Waals surface area contributed by atoms with Gasteiger partial charge in [-0.3, -0.25) is 20.2 Å². The first kappa shape index (κ1) is 13.2. The number of benzene rings is 2. The summed E-state index contributed by atoms with van der Waals surface area (Å²) < 4.78 is 24.7. The topological polar surface area (TPSA) is 120 Å². The van der Waals surface area contributed by atoms with Crippen LogP contribution in [0.15, 0.2) is 46.2 Å². The van der Waals surface area contributed by atoms with E-state index < -0.39 is 31.1 Å². The quantitative estimate of drug-likeness (QED) is 0.529. The molecule has 0 N–H and O–H groups in total. The van der Waals surface area contributed by atoms with Crippen LogP contribution in [-0.4, -0.2) is 18.3 Å². The van der Waals surface area contributed by atoms with Gasteiger partial charge >= 0.3 is 11.4 Å². The summed E-state index contributed by atoms with van der Waals surface area (Å²) in [6, 6.07) is 7.61. The Labute approximate surface area is 117 Å². The van der Waals surface area contributed by atoms with E-state index in [2.05, 4.69) is 0 Å². The lowest BCUT2D eigenvalue weighted by atomic mass is 10.0. The zero-order chi connectivity index (χ0) is 15.4. The van der Waals surface area contributed by atoms with Gasteiger partial charge < -0.3 is 0 Å². The van der Waals surface area contributed by atoms with Gasteiger partial charge in [0, 0.05) is 11.6 Å². The predicted molar refractivity (Wildman–Crippen MR) is 70.6 cm³/mol. The van der Waals surface area contributed by atoms with Crippen LogP contribution >= 0.6 is 0 Å². The lowest BCUT2D eigenvalue weighted by molar-refractivity contribution is -0.422. The molecule has 0 atom stereocenters. The van der Waals surface area contributed by atoms with Crippen LogP contribution in [0.3, 0.4) is 0 Å². The standard InChI is InChI=1S/C12H6N2O6S/c15-13(16)8-5-6-10-11(12(8)14(17)18)7-3-1-2-4-9(7)21(10,19)20/h1-6H. The zero-order valence-corrected chi connectivity index (χ0v) is 11.0. The average Bonchev–Trinajstić information content (AvgIpc) is 2.67. The van der Waals surface area contributed by atoms with Gasteiger partial charge in [-0.1, -0.05) is 18.2 Å². The molecule has 8 nitrogen and oxygen atoms in total. The molecule has 1 aliphatic rings. The molecule has 3 rings (SSSR count). The highest BCUT2D eigenvalue weighted by atomic mass is 32.2. The van der Waals surface area contributed by atoms with E-state index in [0.29, 0.717) is 0 Å². The number of hydrogen-bond acceptors (Lipinski definition) is 6. The van der Waals surface area contributed by atoms with E-state index in [1.54, 1.807) is 0 Å². The second-order valence-electron chi connectivity index (χ2n) is 4.32. The third-order valence-corrected chi connectivity index (χ3v) is 5.09. The maximum absolute atomic E-state index is 12.3. The Balaban J connectivity index is 2.54. The van der Waals surface area contributed by atoms with Crippen molar-refractivity contribution < 1.29 is 18.3 Å². The van der Waals surface area contributed by atoms with Crippen LogP contribution in [0.5, 0.6) is 0 Å². The van der Waals surface area contributed by atoms with Crippen molar-refractivity contribution in [1.82, 2.24) is 0 Å². The summed E-state index contributed by atoms with van der Waals surface area (Å²) in [5.41, 5.74) is -1.63. The van der Waals surface area contributed by atoms with Gasteiger partial charge in [-0.05, 0) is 12.1 Å². The van der Waals surface area contributed by atoms with E-state index in [1.807, 2.05) is 0 Å². The van der Waals surface area contributed by atoms with Crippen LogP contribution in [-0.2, 0) is 9.84 Å². The highest BCUT2D eigenvalue weighted by Gasteiger charge is 2.42. The van der Waals surface area contributed by atoms with Crippen molar-refractivity contribution in [2.45, 2.75) is 9.79 Å². The Bertz CT molecular complexity index is 919. The Kier molecular flexibility index (Phi) is 2.57. The SMILES string of the molecule is O=[N+]([O-])c1ccc2c(c1[N+](=O)[O-])-c1ccccc1S2(=O)=O. The van der Waals surface area contributed by atoms with Crippen LogP contribution in [0.1, 0.15) is 0 Å². The third kappa shape index (κ3) is 1.64. The summed E-state index contributed by atoms with van der Waals surface area (Å²) in [5, 5.41) is 22.2. The normalized spacial score (nSPS) is 14.3. The molecule has 1 heterocycles. The molecule has 0 aliphatic carbocycles. The zero-order valence-electron chi connectivity index (χ0n) is 10.2. The van der Waals surface area contributed by atoms with E-state index in [0.717, 1.165) is 12.1 Å². The van der Waals surface area contributed by atoms with E-state index in [-0.39, 0.29) is 20.9 Å². The second-order valence-corrected chi connectivity index (χ2v) is 6.21. The number of nitrogens with zero attached hydrogens (tertiary/aromatic N) is 2. The number of fused-ring (bicyclic) bond motifs is 3. The molecule has 0 fully saturated rings. The monoisotopic (exact) mass is 306 g/mol. The van der Waals surface area contributed by atoms with Gasteiger partial charge in [0.15, 0.2) is 0 Å². The van der Waals surface area contributed by atoms with Gasteiger partial charge in [0.1, 0.15) is 0 Å². The first-order chi connectivity index (χ1) is 9.85. The maximum Gasteiger partial charge on any atom is 0.355 e. The summed E-state index contributed by atoms with van der Waals surface area (Å²) in [4.78, 5) is 20.0. The molecule has 0 spiro atoms. The van der Waals surface area contributed by atoms with Crippen LogP contribution in [0.4, 0.5) is 11.4 Å². The van der Waals surface area contributed by atoms with Crippen molar-refractivity contribution in [3.05, 3.63) is 56.6 Å². The van der Waals surface area contributed by atoms with E-state index in [4.69, 9.17) is 0 Å². The lowest BCUT2D eigenvalue weighted by Gasteiger charge is -2.01. The highest BCUT2D eigenvalue weighted by molar-refractivity contribution is 7.92. The third-order valence-electron chi connectivity index (χ3n) is 3.23. The van der Waals surface area contributed by atoms with Gasteiger partial charge in [0.2, 0.25) is 9.84 Å². The summed E-state index contributed by atoms with van der Waals surface area (Å²) in [6.45, 7) is 0. The van der Waals surface area contributed by atoms with Crippen LogP contribution < -0.4 is 0 Å². The smallest absolute Gasteiger partial charge is 0.258 e. The molecule has 21 heavy (non-hydrogen) atoms. The molecule has 0 radical (unpaired) electrons. The largest absolute Gasteiger partial charge is 0.355 e. The highest BCUT2D eigenvalue weighted by Crippen LogP contribution is 2.50. The number of rotatable bonds is 2. The van der Waals surface area contributed by atoms with Crippen molar-refractivity contribution in [1.29, 1.82) is 0 Å². The van der Waals surface area contributed by atoms with Crippen molar-refractivity contribution in [2.24, 2.45) is 0 Å². The average molecular weight is 306 g/mol. The Morgan fingerprint density at radius 3 is 2.14 bits per heavy atom. The van der Waals surface area contributed by atoms with Crippen molar-refractivity contribution in [2.75, 3.05) is 0 Å². The molecule has 9 heteroatoms. The molecule has 106 valence electrons. The first-order valence-electron chi connectivity index (χ1n) is 5.66. The van der Waals surface area contributed by atoms with Crippen LogP contribution in [0, 0.1) is 20.2 Å². The second kappa shape index (κ2) is 4.09. The molecule has 0 saturated carbocycles. The number of sulfone groups is 1. The van der Waals surface area contributed by atoms with E-state index in [1.165, 1.54) is 24.3 Å². The van der Waals surface area contributed by atoms with E-state index in [9.17, 15) is 28.6 Å². The predicted octanol–water partition coefficient (Wildman–Crippen LogP) is 2.32. The maximum atomic E-state index is 12.3. The van der Waals surface area contributed by atoms with Gasteiger partial charge in [-0.2, -0.15) is 0 Å². The molecule has 0 amide bonds. The number of nitro benzene ring substituents is 2. The fraction of sp³-hybridized carbons (Fsp3) is 0. The van der Waals surface area contributed by atoms with Crippen LogP contribution in [0.2, 0.25) is 0 Å². The molecule has 0 aromatic heterocycles. The van der Waals surface area contributed by atoms with Gasteiger partial charge in [0.25, 0.3) is 0 Å². The fourth-order valence-corrected chi connectivity index (χ4v) is 4.08. The first-order valence-corrected chi connectivity index (χ1v) is 7.14. The Morgan fingerprint density at radius 1 is 0.857 bits per heavy atom. The number of nitro groups is 2. The van der Waals surface area contributed by atoms with Gasteiger partial charge in [-0.25, -0.2) is 8.42 Å². The number of hydrogen-bond donors (Lipinski definition) is 0. The fourth-order valence-electron chi connectivity index (χ4n) is 2.40. The van der Waals surface area contributed by atoms with Crippen molar-refractivity contribution in [3.8, 4) is 11.1 Å². The summed E-state index contributed by atoms with van der Waals surface area (Å²) >= 11 is 0. The molecule has 0 unspecified atom stereocenters. The lowest BCUT2D eigenvalue weighted by Crippen LogP contribution is -2.01. The summed E-state index contributed by atoms with van der Waals surface area (Å²) in [5.74, 6) is 0. The molecular formula is C12H6N2O6S. The Hall–Kier alpha value is -2.81. The molecule has 2 aromatic rings. The Morgan fingerprint density at radius 2 is 1.52 bits per heavy atom. The molecular weight excluding hydrogens is 300 g/mol. The minimum Gasteiger partial charge on any atom is -0.258 e. The minimum atomic E-state index is -3.89. The van der Waals surface area contributed by atoms with Gasteiger partial charge in [-0.15, -0.1) is 0 Å². The molecule has 0 bridgehead atoms. The molecule has 2 aromatic carbocycles. The van der Waals surface area contributed by atoms with Gasteiger partial charge in [0.05, 0.1) is 25.2 Å². The minimum absolute atomic E-state index is 0.0800. The van der Waals surface area contributed by atoms with E-state index >= 15 is 0 Å². The van der Waals surface area contributed by atoms with Crippen molar-refractivity contribution in [3.63, 3.8) is 0 Å². The van der Waals surface area contributed by atoms with Crippen LogP contribution in [0.25, 0.3) is 11.1 Å².